The molecule has 0 saturated carbocycles. The molecular formula is C24H30ClFN10. The van der Waals surface area contributed by atoms with E-state index in [2.05, 4.69) is 59.2 Å². The molecule has 0 bridgehead atoms. The largest absolute Gasteiger partial charge is 0.393 e. The standard InChI is InChI=1S/C24H30ClFN10/c1-15-13-36(8-7-34(15)2)20-10-18(26)17(9-19(20)33-23-21(27)22(25)31-14-32-23)16-11-29-24(30-12-16)35-5-3-28-4-6-35/h9-12,14-15,28H,3-8,13,27H2,1-2H3,(H,31,32,33)/t15-/m0/s1. The molecular weight excluding hydrogens is 483 g/mol. The van der Waals surface area contributed by atoms with Gasteiger partial charge in [-0.3, -0.25) is 0 Å². The molecule has 0 radical (unpaired) electrons. The summed E-state index contributed by atoms with van der Waals surface area (Å²) in [6.45, 7) is 7.99. The molecule has 2 aromatic heterocycles. The predicted octanol–water partition coefficient (Wildman–Crippen LogP) is 2.60. The van der Waals surface area contributed by atoms with Crippen molar-refractivity contribution in [3.63, 3.8) is 0 Å². The molecule has 2 aliphatic rings. The van der Waals surface area contributed by atoms with Crippen LogP contribution in [-0.2, 0) is 0 Å². The summed E-state index contributed by atoms with van der Waals surface area (Å²) in [6.07, 6.45) is 4.67. The second-order valence-corrected chi connectivity index (χ2v) is 9.54. The number of likely N-dealkylation sites (N-methyl/N-ethyl adjacent to an activating group) is 1. The lowest BCUT2D eigenvalue weighted by Crippen LogP contribution is -2.50. The fourth-order valence-electron chi connectivity index (χ4n) is 4.50. The molecule has 4 N–H and O–H groups in total. The summed E-state index contributed by atoms with van der Waals surface area (Å²) in [4.78, 5) is 23.8. The molecule has 1 aromatic carbocycles. The molecule has 0 unspecified atom stereocenters. The van der Waals surface area contributed by atoms with E-state index in [4.69, 9.17) is 17.3 Å². The first-order valence-corrected chi connectivity index (χ1v) is 12.4. The summed E-state index contributed by atoms with van der Waals surface area (Å²) in [5.41, 5.74) is 8.71. The quantitative estimate of drug-likeness (QED) is 0.441. The van der Waals surface area contributed by atoms with Crippen molar-refractivity contribution in [1.82, 2.24) is 30.2 Å². The normalized spacial score (nSPS) is 18.9. The van der Waals surface area contributed by atoms with Crippen LogP contribution in [0, 0.1) is 5.82 Å². The van der Waals surface area contributed by atoms with Crippen molar-refractivity contribution in [2.24, 2.45) is 0 Å². The van der Waals surface area contributed by atoms with E-state index in [0.29, 0.717) is 34.6 Å². The second kappa shape index (κ2) is 10.4. The molecule has 2 fully saturated rings. The Kier molecular flexibility index (Phi) is 7.04. The molecule has 4 heterocycles. The van der Waals surface area contributed by atoms with Crippen LogP contribution in [-0.4, -0.2) is 83.7 Å². The van der Waals surface area contributed by atoms with Crippen molar-refractivity contribution in [2.75, 3.05) is 73.7 Å². The highest BCUT2D eigenvalue weighted by molar-refractivity contribution is 6.32. The predicted molar refractivity (Wildman–Crippen MR) is 142 cm³/mol. The van der Waals surface area contributed by atoms with Gasteiger partial charge in [-0.05, 0) is 26.1 Å². The minimum atomic E-state index is -0.352. The molecule has 12 heteroatoms. The fraction of sp³-hybridized carbons (Fsp3) is 0.417. The first-order chi connectivity index (χ1) is 17.4. The van der Waals surface area contributed by atoms with Crippen molar-refractivity contribution < 1.29 is 4.39 Å². The SMILES string of the molecule is C[C@H]1CN(c2cc(F)c(-c3cnc(N4CCNCC4)nc3)cc2Nc2ncnc(Cl)c2N)CCN1C. The number of aromatic nitrogens is 4. The number of hydrogen-bond donors (Lipinski definition) is 3. The first kappa shape index (κ1) is 24.4. The second-order valence-electron chi connectivity index (χ2n) is 9.19. The van der Waals surface area contributed by atoms with Gasteiger partial charge in [0.15, 0.2) is 11.0 Å². The van der Waals surface area contributed by atoms with Gasteiger partial charge in [-0.25, -0.2) is 24.3 Å². The highest BCUT2D eigenvalue weighted by Gasteiger charge is 2.25. The van der Waals surface area contributed by atoms with Gasteiger partial charge in [-0.2, -0.15) is 0 Å². The molecule has 2 aliphatic heterocycles. The third-order valence-corrected chi connectivity index (χ3v) is 7.12. The molecule has 1 atom stereocenters. The maximum absolute atomic E-state index is 15.6. The van der Waals surface area contributed by atoms with Crippen molar-refractivity contribution in [1.29, 1.82) is 0 Å². The van der Waals surface area contributed by atoms with Crippen LogP contribution in [0.3, 0.4) is 0 Å². The number of nitrogens with zero attached hydrogens (tertiary/aromatic N) is 7. The third-order valence-electron chi connectivity index (χ3n) is 6.82. The number of nitrogens with two attached hydrogens (primary N) is 1. The van der Waals surface area contributed by atoms with E-state index in [0.717, 1.165) is 51.5 Å². The molecule has 2 saturated heterocycles. The van der Waals surface area contributed by atoms with Crippen LogP contribution >= 0.6 is 11.6 Å². The van der Waals surface area contributed by atoms with Gasteiger partial charge in [-0.1, -0.05) is 11.6 Å². The van der Waals surface area contributed by atoms with E-state index < -0.39 is 0 Å². The Balaban J connectivity index is 1.52. The number of hydrogen-bond acceptors (Lipinski definition) is 10. The Morgan fingerprint density at radius 3 is 2.53 bits per heavy atom. The Hall–Kier alpha value is -3.28. The monoisotopic (exact) mass is 512 g/mol. The molecule has 0 spiro atoms. The third kappa shape index (κ3) is 4.99. The highest BCUT2D eigenvalue weighted by Crippen LogP contribution is 2.37. The van der Waals surface area contributed by atoms with Crippen molar-refractivity contribution in [2.45, 2.75) is 13.0 Å². The van der Waals surface area contributed by atoms with Crippen LogP contribution in [0.5, 0.6) is 0 Å². The van der Waals surface area contributed by atoms with Gasteiger partial charge in [0, 0.05) is 75.4 Å². The van der Waals surface area contributed by atoms with Crippen LogP contribution in [0.25, 0.3) is 11.1 Å². The Morgan fingerprint density at radius 2 is 1.81 bits per heavy atom. The van der Waals surface area contributed by atoms with Gasteiger partial charge in [0.05, 0.1) is 11.4 Å². The zero-order valence-corrected chi connectivity index (χ0v) is 21.1. The van der Waals surface area contributed by atoms with E-state index in [1.165, 1.54) is 6.33 Å². The van der Waals surface area contributed by atoms with Crippen molar-refractivity contribution in [3.05, 3.63) is 41.8 Å². The number of rotatable bonds is 5. The molecule has 10 nitrogen and oxygen atoms in total. The smallest absolute Gasteiger partial charge is 0.225 e. The van der Waals surface area contributed by atoms with Gasteiger partial charge in [0.25, 0.3) is 0 Å². The number of halogens is 2. The minimum absolute atomic E-state index is 0.154. The lowest BCUT2D eigenvalue weighted by Gasteiger charge is -2.39. The van der Waals surface area contributed by atoms with Crippen LogP contribution < -0.4 is 26.2 Å². The van der Waals surface area contributed by atoms with Crippen LogP contribution in [0.2, 0.25) is 5.15 Å². The van der Waals surface area contributed by atoms with Gasteiger partial charge >= 0.3 is 0 Å². The number of anilines is 5. The van der Waals surface area contributed by atoms with Gasteiger partial charge in [-0.15, -0.1) is 0 Å². The summed E-state index contributed by atoms with van der Waals surface area (Å²) in [7, 11) is 2.10. The lowest BCUT2D eigenvalue weighted by atomic mass is 10.0. The molecule has 190 valence electrons. The van der Waals surface area contributed by atoms with Crippen LogP contribution in [0.4, 0.5) is 33.2 Å². The Labute approximate surface area is 214 Å². The summed E-state index contributed by atoms with van der Waals surface area (Å²) in [5, 5.41) is 6.73. The average Bonchev–Trinajstić information content (AvgIpc) is 2.90. The summed E-state index contributed by atoms with van der Waals surface area (Å²) in [5.74, 6) is 0.654. The van der Waals surface area contributed by atoms with E-state index in [1.807, 2.05) is 0 Å². The van der Waals surface area contributed by atoms with Gasteiger partial charge < -0.3 is 31.1 Å². The van der Waals surface area contributed by atoms with E-state index in [1.54, 1.807) is 24.5 Å². The number of nitrogen functional groups attached to an aromatic ring is 1. The summed E-state index contributed by atoms with van der Waals surface area (Å²) >= 11 is 6.12. The van der Waals surface area contributed by atoms with Crippen LogP contribution in [0.15, 0.2) is 30.9 Å². The average molecular weight is 513 g/mol. The van der Waals surface area contributed by atoms with Crippen molar-refractivity contribution in [3.8, 4) is 11.1 Å². The number of piperazine rings is 2. The van der Waals surface area contributed by atoms with Gasteiger partial charge in [0.1, 0.15) is 17.8 Å². The van der Waals surface area contributed by atoms with E-state index in [9.17, 15) is 0 Å². The first-order valence-electron chi connectivity index (χ1n) is 12.0. The Bertz CT molecular complexity index is 1220. The number of benzene rings is 1. The summed E-state index contributed by atoms with van der Waals surface area (Å²) < 4.78 is 15.6. The minimum Gasteiger partial charge on any atom is -0.393 e. The summed E-state index contributed by atoms with van der Waals surface area (Å²) in [6, 6.07) is 3.63. The van der Waals surface area contributed by atoms with E-state index >= 15 is 4.39 Å². The van der Waals surface area contributed by atoms with Gasteiger partial charge in [0.2, 0.25) is 5.95 Å². The molecule has 3 aromatic rings. The number of nitrogens with one attached hydrogen (secondary N) is 2. The topological polar surface area (TPSA) is 111 Å². The molecule has 0 amide bonds. The lowest BCUT2D eigenvalue weighted by molar-refractivity contribution is 0.234. The Morgan fingerprint density at radius 1 is 1.06 bits per heavy atom. The molecule has 5 rings (SSSR count). The fourth-order valence-corrected chi connectivity index (χ4v) is 4.64. The van der Waals surface area contributed by atoms with Crippen LogP contribution in [0.1, 0.15) is 6.92 Å². The molecule has 0 aliphatic carbocycles. The zero-order chi connectivity index (χ0) is 25.2. The maximum atomic E-state index is 15.6. The molecule has 36 heavy (non-hydrogen) atoms. The van der Waals surface area contributed by atoms with E-state index in [-0.39, 0.29) is 16.7 Å². The highest BCUT2D eigenvalue weighted by atomic mass is 35.5. The maximum Gasteiger partial charge on any atom is 0.225 e. The van der Waals surface area contributed by atoms with Crippen molar-refractivity contribution >= 4 is 40.4 Å². The zero-order valence-electron chi connectivity index (χ0n) is 20.4.